The molecule has 2 amide bonds. The first-order valence-corrected chi connectivity index (χ1v) is 12.2. The van der Waals surface area contributed by atoms with Crippen molar-refractivity contribution >= 4 is 35.0 Å². The Morgan fingerprint density at radius 3 is 2.38 bits per heavy atom. The summed E-state index contributed by atoms with van der Waals surface area (Å²) >= 11 is 12.5. The molecule has 0 aromatic heterocycles. The molecule has 1 saturated carbocycles. The summed E-state index contributed by atoms with van der Waals surface area (Å²) in [6.07, 6.45) is 6.27. The highest BCUT2D eigenvalue weighted by Crippen LogP contribution is 2.25. The van der Waals surface area contributed by atoms with Crippen molar-refractivity contribution in [1.29, 1.82) is 0 Å². The standard InChI is InChI=1S/C26H32Cl2N2O2/c1-3-24(26(32)29-22-7-5-4-6-8-22)30(17-20-13-14-21(27)16-23(20)28)25(31)15-19-11-9-18(2)10-12-19/h9-14,16,22,24H,3-8,15,17H2,1-2H3,(H,29,32)/t24-/m1/s1. The number of halogens is 2. The summed E-state index contributed by atoms with van der Waals surface area (Å²) in [5.74, 6) is -0.174. The molecule has 6 heteroatoms. The van der Waals surface area contributed by atoms with E-state index in [4.69, 9.17) is 23.2 Å². The van der Waals surface area contributed by atoms with Gasteiger partial charge in [0.1, 0.15) is 6.04 Å². The van der Waals surface area contributed by atoms with Gasteiger partial charge in [-0.1, -0.05) is 85.3 Å². The molecule has 0 aliphatic heterocycles. The van der Waals surface area contributed by atoms with Crippen molar-refractivity contribution in [1.82, 2.24) is 10.2 Å². The van der Waals surface area contributed by atoms with Gasteiger partial charge in [-0.15, -0.1) is 0 Å². The van der Waals surface area contributed by atoms with Gasteiger partial charge >= 0.3 is 0 Å². The predicted octanol–water partition coefficient (Wildman–Crippen LogP) is 6.10. The van der Waals surface area contributed by atoms with Crippen LogP contribution in [0.1, 0.15) is 62.1 Å². The van der Waals surface area contributed by atoms with Crippen LogP contribution in [0, 0.1) is 6.92 Å². The molecule has 0 spiro atoms. The Labute approximate surface area is 201 Å². The van der Waals surface area contributed by atoms with Gasteiger partial charge in [-0.05, 0) is 49.4 Å². The van der Waals surface area contributed by atoms with Gasteiger partial charge < -0.3 is 10.2 Å². The van der Waals surface area contributed by atoms with Crippen molar-refractivity contribution in [3.63, 3.8) is 0 Å². The maximum Gasteiger partial charge on any atom is 0.243 e. The number of rotatable bonds is 8. The molecule has 3 rings (SSSR count). The number of hydrogen-bond acceptors (Lipinski definition) is 2. The van der Waals surface area contributed by atoms with Crippen LogP contribution in [0.2, 0.25) is 10.0 Å². The van der Waals surface area contributed by atoms with E-state index in [1.165, 1.54) is 6.42 Å². The van der Waals surface area contributed by atoms with Crippen LogP contribution >= 0.6 is 23.2 Å². The Bertz CT molecular complexity index is 924. The zero-order valence-electron chi connectivity index (χ0n) is 18.9. The van der Waals surface area contributed by atoms with Crippen LogP contribution in [-0.2, 0) is 22.6 Å². The van der Waals surface area contributed by atoms with Gasteiger partial charge in [-0.2, -0.15) is 0 Å². The van der Waals surface area contributed by atoms with Crippen LogP contribution in [0.4, 0.5) is 0 Å². The number of amides is 2. The maximum atomic E-state index is 13.5. The normalized spacial score (nSPS) is 15.2. The van der Waals surface area contributed by atoms with E-state index in [1.54, 1.807) is 17.0 Å². The number of aryl methyl sites for hydroxylation is 1. The first-order valence-electron chi connectivity index (χ1n) is 11.5. The Morgan fingerprint density at radius 1 is 1.06 bits per heavy atom. The summed E-state index contributed by atoms with van der Waals surface area (Å²) in [4.78, 5) is 28.4. The topological polar surface area (TPSA) is 49.4 Å². The Hall–Kier alpha value is -2.04. The Kier molecular flexibility index (Phi) is 9.01. The molecule has 1 aliphatic carbocycles. The first kappa shape index (κ1) is 24.6. The number of hydrogen-bond donors (Lipinski definition) is 1. The summed E-state index contributed by atoms with van der Waals surface area (Å²) in [5.41, 5.74) is 2.84. The maximum absolute atomic E-state index is 13.5. The SMILES string of the molecule is CC[C@H](C(=O)NC1CCCCC1)N(Cc1ccc(Cl)cc1Cl)C(=O)Cc1ccc(C)cc1. The fraction of sp³-hybridized carbons (Fsp3) is 0.462. The lowest BCUT2D eigenvalue weighted by molar-refractivity contribution is -0.141. The van der Waals surface area contributed by atoms with Gasteiger partial charge in [-0.3, -0.25) is 9.59 Å². The smallest absolute Gasteiger partial charge is 0.243 e. The van der Waals surface area contributed by atoms with Crippen molar-refractivity contribution in [2.75, 3.05) is 0 Å². The first-order chi connectivity index (χ1) is 15.4. The van der Waals surface area contributed by atoms with E-state index in [-0.39, 0.29) is 30.8 Å². The van der Waals surface area contributed by atoms with E-state index in [0.29, 0.717) is 16.5 Å². The molecule has 1 aliphatic rings. The zero-order chi connectivity index (χ0) is 23.1. The van der Waals surface area contributed by atoms with Crippen molar-refractivity contribution in [2.45, 2.75) is 77.4 Å². The molecular weight excluding hydrogens is 443 g/mol. The molecular formula is C26H32Cl2N2O2. The third kappa shape index (κ3) is 6.73. The molecule has 0 bridgehead atoms. The quantitative estimate of drug-likeness (QED) is 0.502. The molecule has 0 heterocycles. The number of carbonyl (C=O) groups excluding carboxylic acids is 2. The monoisotopic (exact) mass is 474 g/mol. The second kappa shape index (κ2) is 11.7. The van der Waals surface area contributed by atoms with Gasteiger partial charge in [0.15, 0.2) is 0 Å². The zero-order valence-corrected chi connectivity index (χ0v) is 20.4. The summed E-state index contributed by atoms with van der Waals surface area (Å²) in [5, 5.41) is 4.23. The minimum atomic E-state index is -0.554. The summed E-state index contributed by atoms with van der Waals surface area (Å²) in [6.45, 7) is 4.22. The molecule has 0 radical (unpaired) electrons. The minimum Gasteiger partial charge on any atom is -0.352 e. The molecule has 0 unspecified atom stereocenters. The van der Waals surface area contributed by atoms with Crippen molar-refractivity contribution in [3.05, 3.63) is 69.2 Å². The highest BCUT2D eigenvalue weighted by molar-refractivity contribution is 6.35. The fourth-order valence-electron chi connectivity index (χ4n) is 4.28. The molecule has 4 nitrogen and oxygen atoms in total. The van der Waals surface area contributed by atoms with Crippen molar-refractivity contribution in [3.8, 4) is 0 Å². The third-order valence-electron chi connectivity index (χ3n) is 6.17. The molecule has 2 aromatic carbocycles. The second-order valence-electron chi connectivity index (χ2n) is 8.69. The number of nitrogens with one attached hydrogen (secondary N) is 1. The molecule has 0 saturated heterocycles. The van der Waals surface area contributed by atoms with Crippen LogP contribution < -0.4 is 5.32 Å². The average Bonchev–Trinajstić information content (AvgIpc) is 2.77. The van der Waals surface area contributed by atoms with Crippen LogP contribution in [-0.4, -0.2) is 28.8 Å². The number of carbonyl (C=O) groups is 2. The minimum absolute atomic E-state index is 0.0817. The van der Waals surface area contributed by atoms with Crippen molar-refractivity contribution in [2.24, 2.45) is 0 Å². The van der Waals surface area contributed by atoms with E-state index >= 15 is 0 Å². The van der Waals surface area contributed by atoms with E-state index in [2.05, 4.69) is 5.32 Å². The van der Waals surface area contributed by atoms with Crippen molar-refractivity contribution < 1.29 is 9.59 Å². The number of nitrogens with zero attached hydrogens (tertiary/aromatic N) is 1. The van der Waals surface area contributed by atoms with Crippen LogP contribution in [0.5, 0.6) is 0 Å². The summed E-state index contributed by atoms with van der Waals surface area (Å²) in [7, 11) is 0. The molecule has 1 atom stereocenters. The van der Waals surface area contributed by atoms with Gasteiger partial charge in [0.25, 0.3) is 0 Å². The van der Waals surface area contributed by atoms with Gasteiger partial charge in [0.2, 0.25) is 11.8 Å². The van der Waals surface area contributed by atoms with E-state index in [1.807, 2.05) is 44.2 Å². The van der Waals surface area contributed by atoms with Crippen LogP contribution in [0.3, 0.4) is 0 Å². The molecule has 172 valence electrons. The Balaban J connectivity index is 1.83. The molecule has 32 heavy (non-hydrogen) atoms. The second-order valence-corrected chi connectivity index (χ2v) is 9.53. The largest absolute Gasteiger partial charge is 0.352 e. The Morgan fingerprint density at radius 2 is 1.75 bits per heavy atom. The third-order valence-corrected chi connectivity index (χ3v) is 6.76. The van der Waals surface area contributed by atoms with Crippen LogP contribution in [0.25, 0.3) is 0 Å². The lowest BCUT2D eigenvalue weighted by atomic mass is 9.95. The summed E-state index contributed by atoms with van der Waals surface area (Å²) in [6, 6.07) is 12.8. The van der Waals surface area contributed by atoms with Gasteiger partial charge in [0.05, 0.1) is 6.42 Å². The molecule has 1 N–H and O–H groups in total. The highest BCUT2D eigenvalue weighted by Gasteiger charge is 2.30. The summed E-state index contributed by atoms with van der Waals surface area (Å²) < 4.78 is 0. The van der Waals surface area contributed by atoms with Crippen LogP contribution in [0.15, 0.2) is 42.5 Å². The van der Waals surface area contributed by atoms with E-state index in [0.717, 1.165) is 42.4 Å². The molecule has 1 fully saturated rings. The van der Waals surface area contributed by atoms with E-state index < -0.39 is 6.04 Å². The lowest BCUT2D eigenvalue weighted by Gasteiger charge is -2.33. The average molecular weight is 475 g/mol. The lowest BCUT2D eigenvalue weighted by Crippen LogP contribution is -2.52. The number of benzene rings is 2. The predicted molar refractivity (Wildman–Crippen MR) is 131 cm³/mol. The van der Waals surface area contributed by atoms with E-state index in [9.17, 15) is 9.59 Å². The fourth-order valence-corrected chi connectivity index (χ4v) is 4.75. The van der Waals surface area contributed by atoms with Gasteiger partial charge in [-0.25, -0.2) is 0 Å². The van der Waals surface area contributed by atoms with Gasteiger partial charge in [0, 0.05) is 22.6 Å². The highest BCUT2D eigenvalue weighted by atomic mass is 35.5. The molecule has 2 aromatic rings.